The van der Waals surface area contributed by atoms with Crippen molar-refractivity contribution >= 4 is 0 Å². The van der Waals surface area contributed by atoms with Gasteiger partial charge in [-0.3, -0.25) is 9.97 Å². The van der Waals surface area contributed by atoms with E-state index in [0.29, 0.717) is 5.56 Å². The first-order valence-electron chi connectivity index (χ1n) is 9.29. The lowest BCUT2D eigenvalue weighted by molar-refractivity contribution is 0.548. The van der Waals surface area contributed by atoms with Gasteiger partial charge in [0.05, 0.1) is 11.4 Å². The van der Waals surface area contributed by atoms with Crippen LogP contribution in [-0.4, -0.2) is 9.97 Å². The molecule has 0 saturated heterocycles. The van der Waals surface area contributed by atoms with Crippen molar-refractivity contribution in [2.24, 2.45) is 0 Å². The van der Waals surface area contributed by atoms with Crippen LogP contribution in [-0.2, 0) is 5.41 Å². The molecule has 2 aromatic carbocycles. The Morgan fingerprint density at radius 3 is 1.93 bits per heavy atom. The van der Waals surface area contributed by atoms with Crippen molar-refractivity contribution in [3.63, 3.8) is 0 Å². The molecule has 0 bridgehead atoms. The van der Waals surface area contributed by atoms with E-state index in [1.165, 1.54) is 6.07 Å². The van der Waals surface area contributed by atoms with Gasteiger partial charge in [-0.1, -0.05) is 44.2 Å². The van der Waals surface area contributed by atoms with Crippen LogP contribution in [0.3, 0.4) is 0 Å². The van der Waals surface area contributed by atoms with Crippen molar-refractivity contribution in [1.82, 2.24) is 9.97 Å². The van der Waals surface area contributed by atoms with Crippen molar-refractivity contribution in [3.8, 4) is 22.5 Å². The fourth-order valence-corrected chi connectivity index (χ4v) is 3.45. The quantitative estimate of drug-likeness (QED) is 0.424. The standard InChI is InChI=1S/C25H21FN2/c1-25(2,20-9-7-8-18(16-20)23-10-3-5-14-27-23)21-17-19(12-13-22(21)26)24-11-4-6-15-28-24/h3-17H,1-2H3. The third-order valence-corrected chi connectivity index (χ3v) is 5.15. The van der Waals surface area contributed by atoms with Gasteiger partial charge in [0.25, 0.3) is 0 Å². The van der Waals surface area contributed by atoms with Crippen LogP contribution in [0, 0.1) is 5.82 Å². The average Bonchev–Trinajstić information content (AvgIpc) is 2.75. The van der Waals surface area contributed by atoms with Crippen molar-refractivity contribution in [1.29, 1.82) is 0 Å². The highest BCUT2D eigenvalue weighted by atomic mass is 19.1. The molecular weight excluding hydrogens is 347 g/mol. The van der Waals surface area contributed by atoms with E-state index in [-0.39, 0.29) is 5.82 Å². The third-order valence-electron chi connectivity index (χ3n) is 5.15. The van der Waals surface area contributed by atoms with Gasteiger partial charge in [0, 0.05) is 28.9 Å². The second-order valence-corrected chi connectivity index (χ2v) is 7.33. The molecule has 138 valence electrons. The van der Waals surface area contributed by atoms with Gasteiger partial charge in [0.1, 0.15) is 5.82 Å². The second-order valence-electron chi connectivity index (χ2n) is 7.33. The lowest BCUT2D eigenvalue weighted by atomic mass is 9.76. The summed E-state index contributed by atoms with van der Waals surface area (Å²) in [7, 11) is 0. The van der Waals surface area contributed by atoms with Gasteiger partial charge in [-0.25, -0.2) is 4.39 Å². The average molecular weight is 368 g/mol. The van der Waals surface area contributed by atoms with E-state index < -0.39 is 5.41 Å². The maximum Gasteiger partial charge on any atom is 0.127 e. The minimum Gasteiger partial charge on any atom is -0.256 e. The summed E-state index contributed by atoms with van der Waals surface area (Å²) in [6.45, 7) is 4.09. The summed E-state index contributed by atoms with van der Waals surface area (Å²) >= 11 is 0. The van der Waals surface area contributed by atoms with Gasteiger partial charge in [-0.05, 0) is 59.7 Å². The Balaban J connectivity index is 1.79. The zero-order valence-corrected chi connectivity index (χ0v) is 15.9. The van der Waals surface area contributed by atoms with Gasteiger partial charge in [0.2, 0.25) is 0 Å². The minimum absolute atomic E-state index is 0.215. The van der Waals surface area contributed by atoms with E-state index in [9.17, 15) is 4.39 Å². The van der Waals surface area contributed by atoms with E-state index in [1.54, 1.807) is 18.5 Å². The Hall–Kier alpha value is -3.33. The van der Waals surface area contributed by atoms with Crippen molar-refractivity contribution in [2.75, 3.05) is 0 Å². The number of nitrogens with zero attached hydrogens (tertiary/aromatic N) is 2. The smallest absolute Gasteiger partial charge is 0.127 e. The van der Waals surface area contributed by atoms with E-state index in [1.807, 2.05) is 74.5 Å². The molecule has 0 aliphatic heterocycles. The zero-order chi connectivity index (χ0) is 19.6. The van der Waals surface area contributed by atoms with Crippen LogP contribution in [0.15, 0.2) is 91.3 Å². The van der Waals surface area contributed by atoms with Crippen LogP contribution in [0.4, 0.5) is 4.39 Å². The van der Waals surface area contributed by atoms with Crippen LogP contribution in [0.5, 0.6) is 0 Å². The Morgan fingerprint density at radius 2 is 1.32 bits per heavy atom. The van der Waals surface area contributed by atoms with Crippen molar-refractivity contribution in [2.45, 2.75) is 19.3 Å². The molecular formula is C25H21FN2. The molecule has 4 aromatic rings. The SMILES string of the molecule is CC(C)(c1cccc(-c2ccccn2)c1)c1cc(-c2ccccn2)ccc1F. The second kappa shape index (κ2) is 7.35. The number of rotatable bonds is 4. The molecule has 0 fully saturated rings. The summed E-state index contributed by atoms with van der Waals surface area (Å²) in [6.07, 6.45) is 3.53. The fraction of sp³-hybridized carbons (Fsp3) is 0.120. The number of aromatic nitrogens is 2. The summed E-state index contributed by atoms with van der Waals surface area (Å²) in [5, 5.41) is 0. The topological polar surface area (TPSA) is 25.8 Å². The van der Waals surface area contributed by atoms with Gasteiger partial charge in [-0.15, -0.1) is 0 Å². The van der Waals surface area contributed by atoms with Crippen LogP contribution < -0.4 is 0 Å². The number of benzene rings is 2. The molecule has 3 heteroatoms. The predicted molar refractivity (Wildman–Crippen MR) is 111 cm³/mol. The predicted octanol–water partition coefficient (Wildman–Crippen LogP) is 6.28. The molecule has 0 saturated carbocycles. The van der Waals surface area contributed by atoms with E-state index in [4.69, 9.17) is 0 Å². The first-order chi connectivity index (χ1) is 13.6. The number of hydrogen-bond acceptors (Lipinski definition) is 2. The molecule has 0 N–H and O–H groups in total. The molecule has 0 radical (unpaired) electrons. The maximum absolute atomic E-state index is 14.9. The molecule has 28 heavy (non-hydrogen) atoms. The van der Waals surface area contributed by atoms with Gasteiger partial charge in [-0.2, -0.15) is 0 Å². The first-order valence-corrected chi connectivity index (χ1v) is 9.29. The lowest BCUT2D eigenvalue weighted by Crippen LogP contribution is -2.21. The normalized spacial score (nSPS) is 11.4. The van der Waals surface area contributed by atoms with E-state index in [2.05, 4.69) is 16.0 Å². The van der Waals surface area contributed by atoms with Crippen LogP contribution in [0.1, 0.15) is 25.0 Å². The van der Waals surface area contributed by atoms with E-state index in [0.717, 1.165) is 28.1 Å². The Morgan fingerprint density at radius 1 is 0.679 bits per heavy atom. The van der Waals surface area contributed by atoms with Crippen LogP contribution in [0.25, 0.3) is 22.5 Å². The van der Waals surface area contributed by atoms with Gasteiger partial charge in [0.15, 0.2) is 0 Å². The highest BCUT2D eigenvalue weighted by molar-refractivity contribution is 5.63. The van der Waals surface area contributed by atoms with Crippen molar-refractivity contribution in [3.05, 3.63) is 108 Å². The number of halogens is 1. The largest absolute Gasteiger partial charge is 0.256 e. The molecule has 2 heterocycles. The Bertz CT molecular complexity index is 1090. The first kappa shape index (κ1) is 18.1. The molecule has 0 atom stereocenters. The van der Waals surface area contributed by atoms with Gasteiger partial charge >= 0.3 is 0 Å². The molecule has 4 rings (SSSR count). The summed E-state index contributed by atoms with van der Waals surface area (Å²) in [6, 6.07) is 25.0. The van der Waals surface area contributed by atoms with Crippen molar-refractivity contribution < 1.29 is 4.39 Å². The Kier molecular flexibility index (Phi) is 4.74. The molecule has 0 amide bonds. The highest BCUT2D eigenvalue weighted by Gasteiger charge is 2.27. The molecule has 0 aliphatic rings. The van der Waals surface area contributed by atoms with Crippen LogP contribution >= 0.6 is 0 Å². The number of hydrogen-bond donors (Lipinski definition) is 0. The number of pyridine rings is 2. The molecule has 2 nitrogen and oxygen atoms in total. The fourth-order valence-electron chi connectivity index (χ4n) is 3.45. The summed E-state index contributed by atoms with van der Waals surface area (Å²) in [4.78, 5) is 8.83. The van der Waals surface area contributed by atoms with E-state index >= 15 is 0 Å². The summed E-state index contributed by atoms with van der Waals surface area (Å²) in [5.41, 5.74) is 4.84. The molecule has 0 unspecified atom stereocenters. The highest BCUT2D eigenvalue weighted by Crippen LogP contribution is 2.36. The lowest BCUT2D eigenvalue weighted by Gasteiger charge is -2.27. The van der Waals surface area contributed by atoms with Gasteiger partial charge < -0.3 is 0 Å². The Labute approximate surface area is 164 Å². The monoisotopic (exact) mass is 368 g/mol. The molecule has 0 spiro atoms. The molecule has 2 aromatic heterocycles. The van der Waals surface area contributed by atoms with Crippen LogP contribution in [0.2, 0.25) is 0 Å². The third kappa shape index (κ3) is 3.44. The molecule has 0 aliphatic carbocycles. The minimum atomic E-state index is -0.514. The summed E-state index contributed by atoms with van der Waals surface area (Å²) < 4.78 is 14.9. The summed E-state index contributed by atoms with van der Waals surface area (Å²) in [5.74, 6) is -0.215. The zero-order valence-electron chi connectivity index (χ0n) is 15.9. The maximum atomic E-state index is 14.9.